The Hall–Kier alpha value is -1.00. The van der Waals surface area contributed by atoms with Crippen molar-refractivity contribution in [3.63, 3.8) is 0 Å². The van der Waals surface area contributed by atoms with Gasteiger partial charge in [-0.25, -0.2) is 0 Å². The average Bonchev–Trinajstić information content (AvgIpc) is 2.87. The molecular weight excluding hydrogens is 209 g/mol. The fourth-order valence-electron chi connectivity index (χ4n) is 1.38. The summed E-state index contributed by atoms with van der Waals surface area (Å²) >= 11 is 5.57. The number of phenolic OH excluding ortho intramolecular Hbond substituents is 2. The minimum atomic E-state index is -1.11. The van der Waals surface area contributed by atoms with Gasteiger partial charge in [-0.2, -0.15) is 4.39 Å². The number of nitrogens with two attached hydrogens (primary N) is 1. The quantitative estimate of drug-likeness (QED) is 0.673. The van der Waals surface area contributed by atoms with Crippen molar-refractivity contribution in [3.8, 4) is 11.5 Å². The minimum Gasteiger partial charge on any atom is -0.504 e. The third-order valence-corrected chi connectivity index (χ3v) is 2.78. The van der Waals surface area contributed by atoms with Crippen LogP contribution in [0.5, 0.6) is 11.5 Å². The van der Waals surface area contributed by atoms with Gasteiger partial charge in [-0.15, -0.1) is 0 Å². The molecule has 4 N–H and O–H groups in total. The lowest BCUT2D eigenvalue weighted by Crippen LogP contribution is -2.19. The van der Waals surface area contributed by atoms with E-state index in [9.17, 15) is 9.50 Å². The highest BCUT2D eigenvalue weighted by Crippen LogP contribution is 2.49. The van der Waals surface area contributed by atoms with Gasteiger partial charge >= 0.3 is 0 Å². The Morgan fingerprint density at radius 1 is 1.36 bits per heavy atom. The van der Waals surface area contributed by atoms with Crippen LogP contribution in [0, 0.1) is 5.82 Å². The maximum Gasteiger partial charge on any atom is 0.208 e. The molecule has 3 nitrogen and oxygen atoms in total. The van der Waals surface area contributed by atoms with Gasteiger partial charge in [0.2, 0.25) is 5.82 Å². The van der Waals surface area contributed by atoms with E-state index in [1.807, 2.05) is 0 Å². The first-order valence-corrected chi connectivity index (χ1v) is 4.53. The van der Waals surface area contributed by atoms with Crippen LogP contribution in [0.3, 0.4) is 0 Å². The van der Waals surface area contributed by atoms with Gasteiger partial charge in [-0.1, -0.05) is 11.6 Å². The first-order chi connectivity index (χ1) is 6.46. The zero-order valence-electron chi connectivity index (χ0n) is 7.22. The molecule has 0 unspecified atom stereocenters. The van der Waals surface area contributed by atoms with Gasteiger partial charge in [0.25, 0.3) is 0 Å². The number of aromatic hydroxyl groups is 2. The van der Waals surface area contributed by atoms with E-state index in [2.05, 4.69) is 0 Å². The Balaban J connectivity index is 2.62. The molecule has 0 heterocycles. The molecule has 1 aliphatic rings. The Morgan fingerprint density at radius 3 is 2.43 bits per heavy atom. The van der Waals surface area contributed by atoms with Crippen LogP contribution in [0.4, 0.5) is 4.39 Å². The summed E-state index contributed by atoms with van der Waals surface area (Å²) in [7, 11) is 0. The number of rotatable bonds is 1. The lowest BCUT2D eigenvalue weighted by Gasteiger charge is -2.13. The van der Waals surface area contributed by atoms with Crippen LogP contribution in [0.25, 0.3) is 0 Å². The molecule has 0 spiro atoms. The van der Waals surface area contributed by atoms with E-state index < -0.39 is 22.9 Å². The van der Waals surface area contributed by atoms with Gasteiger partial charge in [0, 0.05) is 11.1 Å². The summed E-state index contributed by atoms with van der Waals surface area (Å²) in [5.74, 6) is -2.45. The van der Waals surface area contributed by atoms with E-state index in [1.54, 1.807) is 0 Å². The van der Waals surface area contributed by atoms with Gasteiger partial charge in [-0.05, 0) is 18.9 Å². The number of halogens is 2. The molecule has 1 fully saturated rings. The molecule has 0 aliphatic heterocycles. The second-order valence-corrected chi connectivity index (χ2v) is 3.98. The molecule has 0 aromatic heterocycles. The summed E-state index contributed by atoms with van der Waals surface area (Å²) in [6.45, 7) is 0. The number of hydrogen-bond donors (Lipinski definition) is 3. The second kappa shape index (κ2) is 2.74. The molecule has 2 rings (SSSR count). The fourth-order valence-corrected chi connectivity index (χ4v) is 1.57. The third-order valence-electron chi connectivity index (χ3n) is 2.49. The van der Waals surface area contributed by atoms with Crippen molar-refractivity contribution in [1.82, 2.24) is 0 Å². The average molecular weight is 218 g/mol. The van der Waals surface area contributed by atoms with Crippen molar-refractivity contribution in [2.45, 2.75) is 18.4 Å². The van der Waals surface area contributed by atoms with Crippen molar-refractivity contribution in [1.29, 1.82) is 0 Å². The molecule has 0 amide bonds. The zero-order chi connectivity index (χ0) is 10.5. The maximum absolute atomic E-state index is 13.2. The molecule has 0 saturated heterocycles. The van der Waals surface area contributed by atoms with Crippen LogP contribution in [0.15, 0.2) is 6.07 Å². The molecular formula is C9H9ClFNO2. The SMILES string of the molecule is NC1(c2cc(Cl)c(O)c(F)c2O)CC1. The topological polar surface area (TPSA) is 66.5 Å². The van der Waals surface area contributed by atoms with Crippen molar-refractivity contribution < 1.29 is 14.6 Å². The molecule has 76 valence electrons. The summed E-state index contributed by atoms with van der Waals surface area (Å²) < 4.78 is 13.2. The lowest BCUT2D eigenvalue weighted by atomic mass is 10.0. The normalized spacial score (nSPS) is 18.2. The van der Waals surface area contributed by atoms with Crippen LogP contribution in [0.1, 0.15) is 18.4 Å². The van der Waals surface area contributed by atoms with Crippen molar-refractivity contribution in [2.24, 2.45) is 5.73 Å². The van der Waals surface area contributed by atoms with Crippen LogP contribution in [-0.2, 0) is 5.54 Å². The smallest absolute Gasteiger partial charge is 0.208 e. The van der Waals surface area contributed by atoms with Gasteiger partial charge in [0.15, 0.2) is 11.5 Å². The van der Waals surface area contributed by atoms with Crippen LogP contribution in [-0.4, -0.2) is 10.2 Å². The molecule has 0 radical (unpaired) electrons. The molecule has 14 heavy (non-hydrogen) atoms. The molecule has 5 heteroatoms. The summed E-state index contributed by atoms with van der Waals surface area (Å²) in [6, 6.07) is 1.31. The van der Waals surface area contributed by atoms with E-state index in [1.165, 1.54) is 6.07 Å². The Kier molecular flexibility index (Phi) is 1.87. The monoisotopic (exact) mass is 217 g/mol. The van der Waals surface area contributed by atoms with Gasteiger partial charge in [0.1, 0.15) is 0 Å². The molecule has 0 bridgehead atoms. The zero-order valence-corrected chi connectivity index (χ0v) is 7.98. The van der Waals surface area contributed by atoms with E-state index in [4.69, 9.17) is 22.4 Å². The largest absolute Gasteiger partial charge is 0.504 e. The number of benzene rings is 1. The third kappa shape index (κ3) is 1.22. The first kappa shape index (κ1) is 9.55. The molecule has 1 saturated carbocycles. The van der Waals surface area contributed by atoms with E-state index in [0.717, 1.165) is 0 Å². The van der Waals surface area contributed by atoms with Crippen molar-refractivity contribution in [3.05, 3.63) is 22.5 Å². The summed E-state index contributed by atoms with van der Waals surface area (Å²) in [5.41, 5.74) is 5.37. The van der Waals surface area contributed by atoms with Gasteiger partial charge in [-0.3, -0.25) is 0 Å². The Morgan fingerprint density at radius 2 is 1.93 bits per heavy atom. The first-order valence-electron chi connectivity index (χ1n) is 4.15. The van der Waals surface area contributed by atoms with Crippen LogP contribution < -0.4 is 5.73 Å². The fraction of sp³-hybridized carbons (Fsp3) is 0.333. The Bertz CT molecular complexity index is 404. The minimum absolute atomic E-state index is 0.132. The molecule has 1 aromatic carbocycles. The van der Waals surface area contributed by atoms with Gasteiger partial charge < -0.3 is 15.9 Å². The summed E-state index contributed by atoms with van der Waals surface area (Å²) in [4.78, 5) is 0. The predicted octanol–water partition coefficient (Wildman–Crippen LogP) is 1.84. The number of phenols is 2. The van der Waals surface area contributed by atoms with Gasteiger partial charge in [0.05, 0.1) is 5.02 Å². The second-order valence-electron chi connectivity index (χ2n) is 3.57. The van der Waals surface area contributed by atoms with Crippen molar-refractivity contribution in [2.75, 3.05) is 0 Å². The van der Waals surface area contributed by atoms with E-state index in [-0.39, 0.29) is 10.6 Å². The molecule has 0 atom stereocenters. The Labute approximate surface area is 84.9 Å². The predicted molar refractivity (Wildman–Crippen MR) is 49.8 cm³/mol. The summed E-state index contributed by atoms with van der Waals surface area (Å²) in [6.07, 6.45) is 1.36. The van der Waals surface area contributed by atoms with E-state index in [0.29, 0.717) is 12.8 Å². The lowest BCUT2D eigenvalue weighted by molar-refractivity contribution is 0.381. The molecule has 1 aliphatic carbocycles. The number of hydrogen-bond acceptors (Lipinski definition) is 3. The van der Waals surface area contributed by atoms with E-state index >= 15 is 0 Å². The van der Waals surface area contributed by atoms with Crippen LogP contribution >= 0.6 is 11.6 Å². The highest BCUT2D eigenvalue weighted by atomic mass is 35.5. The molecule has 1 aromatic rings. The summed E-state index contributed by atoms with van der Waals surface area (Å²) in [5, 5.41) is 18.4. The highest BCUT2D eigenvalue weighted by Gasteiger charge is 2.43. The van der Waals surface area contributed by atoms with Crippen molar-refractivity contribution >= 4 is 11.6 Å². The maximum atomic E-state index is 13.2. The standard InChI is InChI=1S/C9H9ClFNO2/c10-5-3-4(9(12)1-2-9)7(13)6(11)8(5)14/h3,13-14H,1-2,12H2. The van der Waals surface area contributed by atoms with Crippen LogP contribution in [0.2, 0.25) is 5.02 Å². The highest BCUT2D eigenvalue weighted by molar-refractivity contribution is 6.32.